The Hall–Kier alpha value is -1.72. The minimum absolute atomic E-state index is 0.0330. The quantitative estimate of drug-likeness (QED) is 0.110. The zero-order valence-corrected chi connectivity index (χ0v) is 34.0. The highest BCUT2D eigenvalue weighted by Gasteiger charge is 2.70. The summed E-state index contributed by atoms with van der Waals surface area (Å²) in [5.41, 5.74) is -0.448. The highest BCUT2D eigenvalue weighted by Crippen LogP contribution is 2.76. The molecule has 56 heavy (non-hydrogen) atoms. The lowest BCUT2D eigenvalue weighted by atomic mass is 9.33. The van der Waals surface area contributed by atoms with Gasteiger partial charge in [-0.05, 0) is 109 Å². The third-order valence-corrected chi connectivity index (χ3v) is 17.2. The molecule has 14 nitrogen and oxygen atoms in total. The number of carbonyl (C=O) groups excluding carboxylic acids is 1. The number of aliphatic hydroxyl groups excluding tert-OH is 7. The molecule has 2 saturated heterocycles. The maximum Gasteiger partial charge on any atom is 0.335 e. The van der Waals surface area contributed by atoms with Gasteiger partial charge in [0.1, 0.15) is 42.7 Å². The van der Waals surface area contributed by atoms with Gasteiger partial charge in [0.15, 0.2) is 12.4 Å². The van der Waals surface area contributed by atoms with Crippen LogP contribution in [0, 0.1) is 50.2 Å². The lowest BCUT2D eigenvalue weighted by Crippen LogP contribution is -2.66. The highest BCUT2D eigenvalue weighted by atomic mass is 16.7. The van der Waals surface area contributed by atoms with Gasteiger partial charge in [0.25, 0.3) is 0 Å². The first-order valence-electron chi connectivity index (χ1n) is 20.8. The summed E-state index contributed by atoms with van der Waals surface area (Å²) in [5, 5.41) is 82.4. The molecule has 0 spiro atoms. The van der Waals surface area contributed by atoms with E-state index < -0.39 is 96.9 Å². The van der Waals surface area contributed by atoms with Gasteiger partial charge in [-0.3, -0.25) is 4.79 Å². The van der Waals surface area contributed by atoms with Crippen molar-refractivity contribution >= 4 is 11.9 Å². The summed E-state index contributed by atoms with van der Waals surface area (Å²) >= 11 is 0. The largest absolute Gasteiger partial charge is 0.479 e. The van der Waals surface area contributed by atoms with Gasteiger partial charge in [-0.25, -0.2) is 4.79 Å². The maximum atomic E-state index is 14.6. The molecule has 4 saturated carbocycles. The van der Waals surface area contributed by atoms with Crippen LogP contribution in [0.1, 0.15) is 113 Å². The number of aliphatic hydroxyl groups is 7. The van der Waals surface area contributed by atoms with Crippen molar-refractivity contribution in [2.24, 2.45) is 50.2 Å². The van der Waals surface area contributed by atoms with Gasteiger partial charge in [0.2, 0.25) is 6.29 Å². The summed E-state index contributed by atoms with van der Waals surface area (Å²) in [6, 6.07) is 0. The molecule has 0 bridgehead atoms. The van der Waals surface area contributed by atoms with Crippen molar-refractivity contribution in [1.82, 2.24) is 0 Å². The number of carboxylic acids is 1. The first-order chi connectivity index (χ1) is 26.0. The van der Waals surface area contributed by atoms with E-state index in [1.54, 1.807) is 0 Å². The molecule has 0 radical (unpaired) electrons. The SMILES string of the molecule is CC1(C)CC[C@]2(C(=O)OC3OC(CO)[C@@H](O)C(O)C3O)CC[C@]3(C)C(=CCC4[C@@]5(C)CC[C@H](O[C@@H]6OC(C(=O)O)[C@@H](O)C(O)C6O)C(C)(C)C5CC[C@]43C)C2C1. The van der Waals surface area contributed by atoms with Crippen LogP contribution in [0.4, 0.5) is 0 Å². The Morgan fingerprint density at radius 2 is 1.39 bits per heavy atom. The van der Waals surface area contributed by atoms with Crippen molar-refractivity contribution in [2.75, 3.05) is 6.61 Å². The van der Waals surface area contributed by atoms with Crippen LogP contribution in [0.25, 0.3) is 0 Å². The zero-order valence-electron chi connectivity index (χ0n) is 34.0. The molecule has 0 aromatic rings. The Labute approximate surface area is 329 Å². The van der Waals surface area contributed by atoms with Crippen molar-refractivity contribution in [3.8, 4) is 0 Å². The average molecular weight is 795 g/mol. The fourth-order valence-electron chi connectivity index (χ4n) is 13.5. The molecule has 6 fully saturated rings. The van der Waals surface area contributed by atoms with E-state index in [4.69, 9.17) is 18.9 Å². The Bertz CT molecular complexity index is 1560. The van der Waals surface area contributed by atoms with Crippen molar-refractivity contribution in [2.45, 2.75) is 180 Å². The number of carboxylic acid groups (broad SMARTS) is 1. The number of esters is 1. The molecular formula is C42H66O14. The van der Waals surface area contributed by atoms with Crippen LogP contribution in [0.3, 0.4) is 0 Å². The van der Waals surface area contributed by atoms with Gasteiger partial charge in [0, 0.05) is 0 Å². The van der Waals surface area contributed by atoms with E-state index in [1.165, 1.54) is 5.57 Å². The monoisotopic (exact) mass is 794 g/mol. The fourth-order valence-corrected chi connectivity index (χ4v) is 13.5. The number of ether oxygens (including phenoxy) is 4. The molecule has 2 heterocycles. The molecule has 8 N–H and O–H groups in total. The molecule has 18 atom stereocenters. The van der Waals surface area contributed by atoms with Crippen molar-refractivity contribution in [3.63, 3.8) is 0 Å². The van der Waals surface area contributed by atoms with Gasteiger partial charge in [-0.15, -0.1) is 0 Å². The minimum Gasteiger partial charge on any atom is -0.479 e. The van der Waals surface area contributed by atoms with Gasteiger partial charge in [-0.1, -0.05) is 60.1 Å². The standard InChI is InChI=1S/C42H66O14/c1-37(2)14-16-42(36(52)56-34-30(48)27(45)26(44)22(19-43)53-34)17-15-40(6)20(21(42)18-37)8-9-24-39(5)12-11-25(38(3,4)23(39)10-13-41(24,40)7)54-35-31(49)28(46)29(47)32(55-35)33(50)51/h8,21-32,34-35,43-49H,9-19H2,1-7H3,(H,50,51)/t21?,22?,23?,24?,25-,26+,27?,28?,29-,30?,31?,32?,34?,35+,39-,40+,41+,42-/m0/s1. The normalized spacial score (nSPS) is 52.3. The number of aliphatic carboxylic acids is 1. The number of carbonyl (C=O) groups is 2. The van der Waals surface area contributed by atoms with Crippen LogP contribution in [0.15, 0.2) is 11.6 Å². The first kappa shape index (κ1) is 42.4. The van der Waals surface area contributed by atoms with Gasteiger partial charge >= 0.3 is 11.9 Å². The molecule has 318 valence electrons. The predicted molar refractivity (Wildman–Crippen MR) is 198 cm³/mol. The van der Waals surface area contributed by atoms with E-state index in [0.29, 0.717) is 25.2 Å². The first-order valence-corrected chi connectivity index (χ1v) is 20.8. The molecule has 7 rings (SSSR count). The molecular weight excluding hydrogens is 728 g/mol. The van der Waals surface area contributed by atoms with E-state index >= 15 is 0 Å². The second kappa shape index (κ2) is 14.2. The van der Waals surface area contributed by atoms with Crippen molar-refractivity contribution < 1.29 is 69.4 Å². The van der Waals surface area contributed by atoms with E-state index in [2.05, 4.69) is 54.5 Å². The summed E-state index contributed by atoms with van der Waals surface area (Å²) in [4.78, 5) is 26.4. The molecule has 14 heteroatoms. The van der Waals surface area contributed by atoms with E-state index in [0.717, 1.165) is 44.9 Å². The van der Waals surface area contributed by atoms with Gasteiger partial charge in [0.05, 0.1) is 18.1 Å². The number of rotatable bonds is 6. The van der Waals surface area contributed by atoms with Crippen LogP contribution in [0.5, 0.6) is 0 Å². The second-order valence-electron chi connectivity index (χ2n) is 20.7. The van der Waals surface area contributed by atoms with Crippen LogP contribution in [-0.4, -0.2) is 127 Å². The van der Waals surface area contributed by atoms with E-state index in [9.17, 15) is 50.4 Å². The summed E-state index contributed by atoms with van der Waals surface area (Å²) < 4.78 is 23.5. The lowest BCUT2D eigenvalue weighted by molar-refractivity contribution is -0.324. The lowest BCUT2D eigenvalue weighted by Gasteiger charge is -2.71. The minimum atomic E-state index is -1.79. The average Bonchev–Trinajstić information content (AvgIpc) is 3.12. The summed E-state index contributed by atoms with van der Waals surface area (Å²) in [5.74, 6) is -1.52. The summed E-state index contributed by atoms with van der Waals surface area (Å²) in [6.45, 7) is 15.5. The summed E-state index contributed by atoms with van der Waals surface area (Å²) in [7, 11) is 0. The van der Waals surface area contributed by atoms with Crippen LogP contribution in [-0.2, 0) is 28.5 Å². The predicted octanol–water partition coefficient (Wildman–Crippen LogP) is 2.41. The fraction of sp³-hybridized carbons (Fsp3) is 0.905. The second-order valence-corrected chi connectivity index (χ2v) is 20.7. The molecule has 7 aliphatic rings. The molecule has 5 aliphatic carbocycles. The molecule has 2 aliphatic heterocycles. The third-order valence-electron chi connectivity index (χ3n) is 17.2. The number of fused-ring (bicyclic) bond motifs is 7. The number of hydrogen-bond donors (Lipinski definition) is 8. The zero-order chi connectivity index (χ0) is 41.1. The molecule has 0 aromatic carbocycles. The third kappa shape index (κ3) is 6.17. The van der Waals surface area contributed by atoms with Gasteiger partial charge < -0.3 is 59.8 Å². The smallest absolute Gasteiger partial charge is 0.335 e. The Kier molecular flexibility index (Phi) is 10.8. The van der Waals surface area contributed by atoms with Crippen LogP contribution in [0.2, 0.25) is 0 Å². The van der Waals surface area contributed by atoms with Crippen molar-refractivity contribution in [1.29, 1.82) is 0 Å². The van der Waals surface area contributed by atoms with Gasteiger partial charge in [-0.2, -0.15) is 0 Å². The van der Waals surface area contributed by atoms with E-state index in [1.807, 2.05) is 0 Å². The molecule has 0 aromatic heterocycles. The number of hydrogen-bond acceptors (Lipinski definition) is 13. The van der Waals surface area contributed by atoms with E-state index in [-0.39, 0.29) is 33.5 Å². The Morgan fingerprint density at radius 1 is 0.750 bits per heavy atom. The van der Waals surface area contributed by atoms with Crippen LogP contribution < -0.4 is 0 Å². The Morgan fingerprint density at radius 3 is 2.05 bits per heavy atom. The molecule has 0 amide bonds. The maximum absolute atomic E-state index is 14.6. The number of allylic oxidation sites excluding steroid dienone is 2. The highest BCUT2D eigenvalue weighted by molar-refractivity contribution is 5.79. The Balaban J connectivity index is 1.16. The summed E-state index contributed by atoms with van der Waals surface area (Å²) in [6.07, 6.45) is -6.14. The molecule has 10 unspecified atom stereocenters. The van der Waals surface area contributed by atoms with Crippen molar-refractivity contribution in [3.05, 3.63) is 11.6 Å². The van der Waals surface area contributed by atoms with Crippen LogP contribution >= 0.6 is 0 Å². The topological polar surface area (TPSA) is 233 Å².